The number of likely N-dealkylation sites (tertiary alicyclic amines) is 1. The molecule has 2 rings (SSSR count). The van der Waals surface area contributed by atoms with E-state index in [0.29, 0.717) is 6.04 Å². The lowest BCUT2D eigenvalue weighted by molar-refractivity contribution is 0.183. The third-order valence-corrected chi connectivity index (χ3v) is 3.95. The third-order valence-electron chi connectivity index (χ3n) is 3.95. The Bertz CT molecular complexity index is 315. The van der Waals surface area contributed by atoms with Crippen molar-refractivity contribution in [3.63, 3.8) is 0 Å². The van der Waals surface area contributed by atoms with Crippen molar-refractivity contribution in [3.8, 4) is 0 Å². The highest BCUT2D eigenvalue weighted by atomic mass is 15.1. The van der Waals surface area contributed by atoms with Crippen molar-refractivity contribution >= 4 is 5.69 Å². The van der Waals surface area contributed by atoms with Gasteiger partial charge < -0.3 is 10.2 Å². The predicted octanol–water partition coefficient (Wildman–Crippen LogP) is 3.22. The summed E-state index contributed by atoms with van der Waals surface area (Å²) in [6.45, 7) is 8.31. The molecule has 2 heteroatoms. The zero-order valence-electron chi connectivity index (χ0n) is 11.0. The van der Waals surface area contributed by atoms with Crippen LogP contribution in [0.3, 0.4) is 0 Å². The standard InChI is InChI=1S/C15H24N2/c1-3-17-11-9-14(10-12-17)13(2)16-15-7-5-4-6-8-15/h4-8,13-14,16H,3,9-12H2,1-2H3. The SMILES string of the molecule is CCN1CCC(C(C)Nc2ccccc2)CC1. The van der Waals surface area contributed by atoms with E-state index in [2.05, 4.69) is 54.4 Å². The van der Waals surface area contributed by atoms with Crippen LogP contribution >= 0.6 is 0 Å². The molecular weight excluding hydrogens is 208 g/mol. The molecule has 0 aliphatic carbocycles. The Morgan fingerprint density at radius 1 is 1.24 bits per heavy atom. The number of anilines is 1. The molecule has 1 fully saturated rings. The maximum absolute atomic E-state index is 3.63. The molecule has 2 nitrogen and oxygen atoms in total. The number of nitrogens with zero attached hydrogens (tertiary/aromatic N) is 1. The van der Waals surface area contributed by atoms with Crippen molar-refractivity contribution < 1.29 is 0 Å². The summed E-state index contributed by atoms with van der Waals surface area (Å²) in [6, 6.07) is 11.1. The summed E-state index contributed by atoms with van der Waals surface area (Å²) in [4.78, 5) is 2.55. The molecule has 1 heterocycles. The number of piperidine rings is 1. The molecule has 0 radical (unpaired) electrons. The Balaban J connectivity index is 1.83. The first-order valence-corrected chi connectivity index (χ1v) is 6.83. The Kier molecular flexibility index (Phi) is 4.43. The van der Waals surface area contributed by atoms with E-state index >= 15 is 0 Å². The van der Waals surface area contributed by atoms with Gasteiger partial charge in [0.05, 0.1) is 0 Å². The molecule has 0 amide bonds. The van der Waals surface area contributed by atoms with Crippen LogP contribution in [0.2, 0.25) is 0 Å². The van der Waals surface area contributed by atoms with Gasteiger partial charge in [-0.3, -0.25) is 0 Å². The Hall–Kier alpha value is -1.02. The lowest BCUT2D eigenvalue weighted by atomic mass is 9.90. The molecule has 0 bridgehead atoms. The first-order chi connectivity index (χ1) is 8.29. The van der Waals surface area contributed by atoms with E-state index in [1.54, 1.807) is 0 Å². The quantitative estimate of drug-likeness (QED) is 0.857. The number of benzene rings is 1. The van der Waals surface area contributed by atoms with E-state index in [1.807, 2.05) is 0 Å². The molecule has 0 spiro atoms. The van der Waals surface area contributed by atoms with Crippen molar-refractivity contribution in [2.45, 2.75) is 32.7 Å². The zero-order valence-corrected chi connectivity index (χ0v) is 11.0. The van der Waals surface area contributed by atoms with Crippen LogP contribution in [0.4, 0.5) is 5.69 Å². The molecule has 17 heavy (non-hydrogen) atoms. The molecular formula is C15H24N2. The summed E-state index contributed by atoms with van der Waals surface area (Å²) >= 11 is 0. The average molecular weight is 232 g/mol. The average Bonchev–Trinajstić information content (AvgIpc) is 2.40. The molecule has 1 aliphatic heterocycles. The van der Waals surface area contributed by atoms with Crippen LogP contribution in [0, 0.1) is 5.92 Å². The van der Waals surface area contributed by atoms with Crippen LogP contribution < -0.4 is 5.32 Å². The maximum atomic E-state index is 3.63. The van der Waals surface area contributed by atoms with E-state index in [-0.39, 0.29) is 0 Å². The molecule has 0 saturated carbocycles. The second-order valence-corrected chi connectivity index (χ2v) is 5.07. The summed E-state index contributed by atoms with van der Waals surface area (Å²) in [5, 5.41) is 3.63. The fourth-order valence-electron chi connectivity index (χ4n) is 2.68. The van der Waals surface area contributed by atoms with E-state index in [9.17, 15) is 0 Å². The molecule has 1 aliphatic rings. The normalized spacial score (nSPS) is 20.1. The molecule has 1 atom stereocenters. The third kappa shape index (κ3) is 3.47. The van der Waals surface area contributed by atoms with Gasteiger partial charge in [-0.05, 0) is 57.5 Å². The Morgan fingerprint density at radius 3 is 2.47 bits per heavy atom. The first kappa shape index (κ1) is 12.4. The van der Waals surface area contributed by atoms with Crippen LogP contribution in [0.15, 0.2) is 30.3 Å². The van der Waals surface area contributed by atoms with Gasteiger partial charge in [0.15, 0.2) is 0 Å². The predicted molar refractivity (Wildman–Crippen MR) is 74.4 cm³/mol. The topological polar surface area (TPSA) is 15.3 Å². The number of hydrogen-bond donors (Lipinski definition) is 1. The Morgan fingerprint density at radius 2 is 1.88 bits per heavy atom. The molecule has 1 aromatic rings. The second-order valence-electron chi connectivity index (χ2n) is 5.07. The van der Waals surface area contributed by atoms with Crippen LogP contribution in [0.5, 0.6) is 0 Å². The second kappa shape index (κ2) is 6.06. The minimum atomic E-state index is 0.580. The molecule has 1 saturated heterocycles. The van der Waals surface area contributed by atoms with Crippen molar-refractivity contribution in [1.82, 2.24) is 4.90 Å². The van der Waals surface area contributed by atoms with Gasteiger partial charge in [0.25, 0.3) is 0 Å². The summed E-state index contributed by atoms with van der Waals surface area (Å²) in [5.74, 6) is 0.818. The van der Waals surface area contributed by atoms with Crippen molar-refractivity contribution in [3.05, 3.63) is 30.3 Å². The maximum Gasteiger partial charge on any atom is 0.0342 e. The lowest BCUT2D eigenvalue weighted by Crippen LogP contribution is -2.39. The van der Waals surface area contributed by atoms with Gasteiger partial charge in [-0.15, -0.1) is 0 Å². The fourth-order valence-corrected chi connectivity index (χ4v) is 2.68. The van der Waals surface area contributed by atoms with E-state index in [0.717, 1.165) is 5.92 Å². The summed E-state index contributed by atoms with van der Waals surface area (Å²) in [5.41, 5.74) is 1.25. The van der Waals surface area contributed by atoms with Crippen LogP contribution in [-0.2, 0) is 0 Å². The van der Waals surface area contributed by atoms with Gasteiger partial charge in [-0.25, -0.2) is 0 Å². The fraction of sp³-hybridized carbons (Fsp3) is 0.600. The molecule has 1 N–H and O–H groups in total. The van der Waals surface area contributed by atoms with Crippen LogP contribution in [-0.4, -0.2) is 30.6 Å². The number of hydrogen-bond acceptors (Lipinski definition) is 2. The zero-order chi connectivity index (χ0) is 12.1. The highest BCUT2D eigenvalue weighted by molar-refractivity contribution is 5.43. The van der Waals surface area contributed by atoms with Crippen LogP contribution in [0.1, 0.15) is 26.7 Å². The van der Waals surface area contributed by atoms with Crippen molar-refractivity contribution in [1.29, 1.82) is 0 Å². The summed E-state index contributed by atoms with van der Waals surface area (Å²) in [6.07, 6.45) is 2.66. The summed E-state index contributed by atoms with van der Waals surface area (Å²) in [7, 11) is 0. The van der Waals surface area contributed by atoms with Gasteiger partial charge >= 0.3 is 0 Å². The molecule has 0 aromatic heterocycles. The smallest absolute Gasteiger partial charge is 0.0342 e. The molecule has 1 aromatic carbocycles. The van der Waals surface area contributed by atoms with Gasteiger partial charge in [-0.2, -0.15) is 0 Å². The van der Waals surface area contributed by atoms with Gasteiger partial charge in [0, 0.05) is 11.7 Å². The van der Waals surface area contributed by atoms with Crippen LogP contribution in [0.25, 0.3) is 0 Å². The van der Waals surface area contributed by atoms with E-state index in [4.69, 9.17) is 0 Å². The number of nitrogens with one attached hydrogen (secondary N) is 1. The minimum Gasteiger partial charge on any atom is -0.382 e. The first-order valence-electron chi connectivity index (χ1n) is 6.83. The van der Waals surface area contributed by atoms with Crippen molar-refractivity contribution in [2.75, 3.05) is 25.0 Å². The van der Waals surface area contributed by atoms with E-state index < -0.39 is 0 Å². The summed E-state index contributed by atoms with van der Waals surface area (Å²) < 4.78 is 0. The molecule has 1 unspecified atom stereocenters. The Labute approximate surface area is 105 Å². The van der Waals surface area contributed by atoms with Gasteiger partial charge in [0.1, 0.15) is 0 Å². The van der Waals surface area contributed by atoms with E-state index in [1.165, 1.54) is 38.2 Å². The molecule has 94 valence electrons. The van der Waals surface area contributed by atoms with Crippen molar-refractivity contribution in [2.24, 2.45) is 5.92 Å². The largest absolute Gasteiger partial charge is 0.382 e. The van der Waals surface area contributed by atoms with Gasteiger partial charge in [0.2, 0.25) is 0 Å². The number of para-hydroxylation sites is 1. The van der Waals surface area contributed by atoms with Gasteiger partial charge in [-0.1, -0.05) is 25.1 Å². The highest BCUT2D eigenvalue weighted by Gasteiger charge is 2.22. The lowest BCUT2D eigenvalue weighted by Gasteiger charge is -2.34. The highest BCUT2D eigenvalue weighted by Crippen LogP contribution is 2.22. The number of rotatable bonds is 4. The minimum absolute atomic E-state index is 0.580. The monoisotopic (exact) mass is 232 g/mol.